The van der Waals surface area contributed by atoms with Crippen molar-refractivity contribution in [3.8, 4) is 0 Å². The Morgan fingerprint density at radius 1 is 1.24 bits per heavy atom. The van der Waals surface area contributed by atoms with Gasteiger partial charge in [-0.2, -0.15) is 0 Å². The lowest BCUT2D eigenvalue weighted by molar-refractivity contribution is -0.140. The maximum Gasteiger partial charge on any atom is 0.246 e. The zero-order chi connectivity index (χ0) is 20.4. The highest BCUT2D eigenvalue weighted by molar-refractivity contribution is 5.89. The normalized spacial score (nSPS) is 45.1. The highest BCUT2D eigenvalue weighted by atomic mass is 16.3. The third-order valence-corrected chi connectivity index (χ3v) is 9.03. The van der Waals surface area contributed by atoms with Crippen LogP contribution in [-0.2, 0) is 4.79 Å². The van der Waals surface area contributed by atoms with Crippen LogP contribution in [0.5, 0.6) is 0 Å². The fourth-order valence-electron chi connectivity index (χ4n) is 7.41. The number of aromatic nitrogens is 1. The van der Waals surface area contributed by atoms with E-state index in [0.717, 1.165) is 37.7 Å². The van der Waals surface area contributed by atoms with Crippen LogP contribution >= 0.6 is 0 Å². The number of hydrogen-bond donors (Lipinski definition) is 1. The van der Waals surface area contributed by atoms with Gasteiger partial charge in [0.05, 0.1) is 6.10 Å². The first-order valence-corrected chi connectivity index (χ1v) is 11.1. The molecule has 7 atom stereocenters. The van der Waals surface area contributed by atoms with E-state index in [0.29, 0.717) is 23.8 Å². The van der Waals surface area contributed by atoms with Crippen molar-refractivity contribution in [2.45, 2.75) is 58.1 Å². The van der Waals surface area contributed by atoms with Crippen molar-refractivity contribution < 1.29 is 9.90 Å². The van der Waals surface area contributed by atoms with Crippen LogP contribution in [0, 0.1) is 28.6 Å². The summed E-state index contributed by atoms with van der Waals surface area (Å²) in [6.07, 6.45) is 14.9. The molecule has 0 radical (unpaired) electrons. The predicted molar refractivity (Wildman–Crippen MR) is 114 cm³/mol. The number of carbonyl (C=O) groups is 1. The first-order valence-electron chi connectivity index (χ1n) is 11.1. The summed E-state index contributed by atoms with van der Waals surface area (Å²) < 4.78 is 0. The molecule has 4 nitrogen and oxygen atoms in total. The number of likely N-dealkylation sites (N-methyl/N-ethyl adjacent to an activating group) is 1. The molecule has 1 aromatic rings. The molecule has 4 heteroatoms. The first kappa shape index (κ1) is 19.0. The molecular weight excluding hydrogens is 360 g/mol. The van der Waals surface area contributed by atoms with Gasteiger partial charge in [-0.25, -0.2) is 0 Å². The lowest BCUT2D eigenvalue weighted by Crippen LogP contribution is -2.59. The van der Waals surface area contributed by atoms with Crippen LogP contribution in [0.2, 0.25) is 0 Å². The monoisotopic (exact) mass is 392 g/mol. The molecule has 3 saturated carbocycles. The van der Waals surface area contributed by atoms with Gasteiger partial charge in [0.1, 0.15) is 0 Å². The predicted octanol–water partition coefficient (Wildman–Crippen LogP) is 4.08. The van der Waals surface area contributed by atoms with Gasteiger partial charge < -0.3 is 10.0 Å². The van der Waals surface area contributed by atoms with E-state index >= 15 is 0 Å². The Morgan fingerprint density at radius 3 is 2.83 bits per heavy atom. The number of pyridine rings is 1. The van der Waals surface area contributed by atoms with Crippen LogP contribution in [0.3, 0.4) is 0 Å². The molecule has 4 aliphatic rings. The second kappa shape index (κ2) is 6.53. The maximum absolute atomic E-state index is 12.2. The van der Waals surface area contributed by atoms with E-state index in [4.69, 9.17) is 0 Å². The Kier molecular flexibility index (Phi) is 4.29. The Balaban J connectivity index is 1.48. The van der Waals surface area contributed by atoms with E-state index in [1.807, 2.05) is 24.2 Å². The number of hydrogen-bond acceptors (Lipinski definition) is 3. The Hall–Kier alpha value is -1.94. The van der Waals surface area contributed by atoms with Crippen molar-refractivity contribution >= 4 is 12.0 Å². The zero-order valence-corrected chi connectivity index (χ0v) is 17.7. The molecule has 5 rings (SSSR count). The molecule has 3 fully saturated rings. The molecule has 154 valence electrons. The van der Waals surface area contributed by atoms with Crippen molar-refractivity contribution in [2.75, 3.05) is 7.05 Å². The Morgan fingerprint density at radius 2 is 2.07 bits per heavy atom. The highest BCUT2D eigenvalue weighted by Gasteiger charge is 2.61. The van der Waals surface area contributed by atoms with Gasteiger partial charge in [-0.3, -0.25) is 9.78 Å². The summed E-state index contributed by atoms with van der Waals surface area (Å²) in [4.78, 5) is 18.4. The first-order chi connectivity index (χ1) is 13.8. The van der Waals surface area contributed by atoms with Gasteiger partial charge in [-0.05, 0) is 73.1 Å². The number of aliphatic hydroxyl groups excluding tert-OH is 1. The summed E-state index contributed by atoms with van der Waals surface area (Å²) in [5.41, 5.74) is 2.25. The fraction of sp³-hybridized carbons (Fsp3) is 0.600. The summed E-state index contributed by atoms with van der Waals surface area (Å²) in [6.45, 7) is 4.68. The number of aliphatic hydroxyl groups is 1. The van der Waals surface area contributed by atoms with E-state index in [9.17, 15) is 9.90 Å². The number of amides is 1. The molecule has 1 amide bonds. The van der Waals surface area contributed by atoms with E-state index in [-0.39, 0.29) is 22.8 Å². The number of nitrogens with zero attached hydrogens (tertiary/aromatic N) is 2. The third-order valence-electron chi connectivity index (χ3n) is 9.03. The molecule has 0 spiro atoms. The molecule has 1 N–H and O–H groups in total. The summed E-state index contributed by atoms with van der Waals surface area (Å²) in [7, 11) is 1.97. The SMILES string of the molecule is CN1C(=O)C=C[C@]2(C)[C@H]3CC[C@]4(C)[C@@H](O)/C(=C/c5cccnc5)C[C@H]4[C@@H]3CC[C@@H]12. The highest BCUT2D eigenvalue weighted by Crippen LogP contribution is 2.64. The van der Waals surface area contributed by atoms with Gasteiger partial charge >= 0.3 is 0 Å². The molecule has 0 unspecified atom stereocenters. The molecule has 3 aliphatic carbocycles. The molecule has 29 heavy (non-hydrogen) atoms. The van der Waals surface area contributed by atoms with E-state index in [2.05, 4.69) is 37.0 Å². The van der Waals surface area contributed by atoms with Gasteiger partial charge in [0.25, 0.3) is 0 Å². The largest absolute Gasteiger partial charge is 0.388 e. The van der Waals surface area contributed by atoms with Crippen molar-refractivity contribution in [1.82, 2.24) is 9.88 Å². The quantitative estimate of drug-likeness (QED) is 0.784. The lowest BCUT2D eigenvalue weighted by atomic mass is 9.48. The molecule has 1 aliphatic heterocycles. The number of rotatable bonds is 1. The second-order valence-electron chi connectivity index (χ2n) is 10.3. The minimum atomic E-state index is -0.370. The standard InChI is InChI=1S/C25H32N2O2/c1-24-11-9-22(28)27(3)21(24)7-6-18-19(24)8-10-25(2)20(18)14-17(23(25)29)13-16-5-4-12-26-15-16/h4-5,9,11-13,15,18-21,23,29H,6-8,10,14H2,1-3H3/b17-13+/t18-,19+,20+,21-,23+,24-,25+/m1/s1. The average molecular weight is 393 g/mol. The summed E-state index contributed by atoms with van der Waals surface area (Å²) in [6, 6.07) is 4.32. The van der Waals surface area contributed by atoms with E-state index in [1.54, 1.807) is 12.3 Å². The number of carbonyl (C=O) groups excluding carboxylic acids is 1. The van der Waals surface area contributed by atoms with E-state index in [1.165, 1.54) is 5.57 Å². The van der Waals surface area contributed by atoms with Crippen LogP contribution < -0.4 is 0 Å². The minimum Gasteiger partial charge on any atom is -0.388 e. The van der Waals surface area contributed by atoms with Crippen LogP contribution in [-0.4, -0.2) is 40.1 Å². The summed E-state index contributed by atoms with van der Waals surface area (Å²) in [5, 5.41) is 11.3. The topological polar surface area (TPSA) is 53.4 Å². The third kappa shape index (κ3) is 2.68. The van der Waals surface area contributed by atoms with Crippen molar-refractivity contribution in [2.24, 2.45) is 28.6 Å². The maximum atomic E-state index is 12.2. The smallest absolute Gasteiger partial charge is 0.246 e. The zero-order valence-electron chi connectivity index (χ0n) is 17.7. The fourth-order valence-corrected chi connectivity index (χ4v) is 7.41. The van der Waals surface area contributed by atoms with Crippen molar-refractivity contribution in [3.63, 3.8) is 0 Å². The minimum absolute atomic E-state index is 0.0431. The van der Waals surface area contributed by atoms with Crippen LogP contribution in [0.25, 0.3) is 6.08 Å². The summed E-state index contributed by atoms with van der Waals surface area (Å²) in [5.74, 6) is 1.84. The summed E-state index contributed by atoms with van der Waals surface area (Å²) >= 11 is 0. The van der Waals surface area contributed by atoms with Gasteiger partial charge in [0.2, 0.25) is 5.91 Å². The average Bonchev–Trinajstić information content (AvgIpc) is 2.97. The lowest BCUT2D eigenvalue weighted by Gasteiger charge is -2.59. The van der Waals surface area contributed by atoms with E-state index < -0.39 is 0 Å². The molecule has 0 saturated heterocycles. The van der Waals surface area contributed by atoms with Gasteiger partial charge in [-0.1, -0.05) is 32.1 Å². The van der Waals surface area contributed by atoms with Gasteiger partial charge in [0, 0.05) is 36.3 Å². The number of fused-ring (bicyclic) bond motifs is 5. The molecule has 2 heterocycles. The van der Waals surface area contributed by atoms with Crippen LogP contribution in [0.15, 0.2) is 42.3 Å². The van der Waals surface area contributed by atoms with Crippen LogP contribution in [0.1, 0.15) is 51.5 Å². The van der Waals surface area contributed by atoms with Gasteiger partial charge in [-0.15, -0.1) is 0 Å². The molecule has 0 aromatic carbocycles. The Labute approximate surface area is 173 Å². The second-order valence-corrected chi connectivity index (χ2v) is 10.3. The van der Waals surface area contributed by atoms with Gasteiger partial charge in [0.15, 0.2) is 0 Å². The molecular formula is C25H32N2O2. The molecule has 0 bridgehead atoms. The Bertz CT molecular complexity index is 878. The van der Waals surface area contributed by atoms with Crippen LogP contribution in [0.4, 0.5) is 0 Å². The van der Waals surface area contributed by atoms with Crippen molar-refractivity contribution in [1.29, 1.82) is 0 Å². The van der Waals surface area contributed by atoms with Crippen molar-refractivity contribution in [3.05, 3.63) is 47.8 Å². The molecule has 1 aromatic heterocycles.